The van der Waals surface area contributed by atoms with Gasteiger partial charge in [0.15, 0.2) is 11.5 Å². The van der Waals surface area contributed by atoms with Crippen LogP contribution >= 0.6 is 23.4 Å². The lowest BCUT2D eigenvalue weighted by Crippen LogP contribution is -2.42. The zero-order chi connectivity index (χ0) is 52.1. The standard InChI is InChI=1S/C43H36ClF10N7O5S2.C2H6/c1-39(2,67-3)11-9-24-5-6-25(26-7-8-28(44)31-33(26)60(20-42(49,50)51)58-36(31)61(68(4)66)37(63)40(13-14-40)38(64)65)32(55-24)29(17-21-15-22(45)18-23(46)16-21)56-30(62)19-59-35-27(10-12-41(35,47)48)34(57-59)43(52,53)54;1-2/h5-8,15-16,18,29H,10,12-14,17,19-20H2,1-4H3,(H,56,62)(H,64,65);1-2H3. The first-order valence-corrected chi connectivity index (χ1v) is 24.2. The largest absolute Gasteiger partial charge is 0.480 e. The second kappa shape index (κ2) is 19.9. The van der Waals surface area contributed by atoms with Crippen LogP contribution in [0.5, 0.6) is 0 Å². The molecule has 0 spiro atoms. The van der Waals surface area contributed by atoms with Crippen molar-refractivity contribution in [3.05, 3.63) is 93.0 Å². The number of carboxylic acids is 1. The molecule has 1 saturated carbocycles. The topological polar surface area (TPSA) is 152 Å². The molecule has 2 aromatic carbocycles. The van der Waals surface area contributed by atoms with Gasteiger partial charge in [-0.3, -0.25) is 23.7 Å². The molecule has 2 atom stereocenters. The number of fused-ring (bicyclic) bond motifs is 2. The monoisotopic (exact) mass is 1050 g/mol. The quantitative estimate of drug-likeness (QED) is 0.0667. The van der Waals surface area contributed by atoms with Crippen molar-refractivity contribution in [3.63, 3.8) is 0 Å². The first kappa shape index (κ1) is 53.7. The van der Waals surface area contributed by atoms with E-state index in [1.165, 1.54) is 36.0 Å². The van der Waals surface area contributed by atoms with Crippen LogP contribution < -0.4 is 9.62 Å². The molecule has 0 bridgehead atoms. The molecule has 0 radical (unpaired) electrons. The minimum Gasteiger partial charge on any atom is -0.480 e. The lowest BCUT2D eigenvalue weighted by Gasteiger charge is -2.23. The highest BCUT2D eigenvalue weighted by atomic mass is 35.5. The predicted molar refractivity (Wildman–Crippen MR) is 241 cm³/mol. The summed E-state index contributed by atoms with van der Waals surface area (Å²) >= 11 is 8.01. The number of alkyl halides is 8. The Hall–Kier alpha value is -5.67. The third-order valence-corrected chi connectivity index (χ3v) is 13.5. The number of aliphatic carboxylic acids is 1. The molecule has 0 saturated heterocycles. The van der Waals surface area contributed by atoms with E-state index in [2.05, 4.69) is 32.3 Å². The highest BCUT2D eigenvalue weighted by Gasteiger charge is 2.60. The molecule has 5 aromatic rings. The van der Waals surface area contributed by atoms with Gasteiger partial charge in [-0.2, -0.15) is 45.3 Å². The Kier molecular flexibility index (Phi) is 15.2. The van der Waals surface area contributed by atoms with E-state index in [1.807, 2.05) is 13.8 Å². The molecule has 12 nitrogen and oxygen atoms in total. The van der Waals surface area contributed by atoms with E-state index in [1.54, 1.807) is 20.1 Å². The van der Waals surface area contributed by atoms with Gasteiger partial charge in [-0.05, 0) is 87.6 Å². The van der Waals surface area contributed by atoms with Gasteiger partial charge in [-0.25, -0.2) is 22.3 Å². The third-order valence-electron chi connectivity index (χ3n) is 11.2. The minimum absolute atomic E-state index is 0.0360. The molecule has 1 fully saturated rings. The minimum atomic E-state index is -5.18. The van der Waals surface area contributed by atoms with Crippen molar-refractivity contribution in [2.24, 2.45) is 5.41 Å². The average molecular weight is 1050 g/mol. The summed E-state index contributed by atoms with van der Waals surface area (Å²) in [7, 11) is -2.47. The molecule has 3 aromatic heterocycles. The highest BCUT2D eigenvalue weighted by Crippen LogP contribution is 2.50. The zero-order valence-electron chi connectivity index (χ0n) is 37.8. The van der Waals surface area contributed by atoms with Gasteiger partial charge < -0.3 is 10.4 Å². The normalized spacial score (nSPS) is 15.8. The lowest BCUT2D eigenvalue weighted by molar-refractivity contribution is -0.148. The Labute approximate surface area is 405 Å². The van der Waals surface area contributed by atoms with Crippen LogP contribution in [0.25, 0.3) is 22.0 Å². The predicted octanol–water partition coefficient (Wildman–Crippen LogP) is 9.96. The number of pyridine rings is 1. The van der Waals surface area contributed by atoms with Crippen molar-refractivity contribution in [1.82, 2.24) is 29.9 Å². The summed E-state index contributed by atoms with van der Waals surface area (Å²) in [6.45, 7) is 4.41. The maximum absolute atomic E-state index is 15.1. The van der Waals surface area contributed by atoms with Crippen LogP contribution in [-0.2, 0) is 63.4 Å². The van der Waals surface area contributed by atoms with E-state index >= 15 is 8.78 Å². The number of anilines is 1. The van der Waals surface area contributed by atoms with Crippen LogP contribution in [0.2, 0.25) is 5.02 Å². The van der Waals surface area contributed by atoms with E-state index in [-0.39, 0.29) is 50.6 Å². The van der Waals surface area contributed by atoms with Gasteiger partial charge in [-0.15, -0.1) is 11.8 Å². The van der Waals surface area contributed by atoms with Crippen molar-refractivity contribution in [2.45, 2.75) is 102 Å². The summed E-state index contributed by atoms with van der Waals surface area (Å²) < 4.78 is 159. The highest BCUT2D eigenvalue weighted by molar-refractivity contribution is 8.00. The number of nitrogens with zero attached hydrogens (tertiary/aromatic N) is 6. The summed E-state index contributed by atoms with van der Waals surface area (Å²) in [5.74, 6) is -4.95. The van der Waals surface area contributed by atoms with E-state index in [0.717, 1.165) is 18.4 Å². The van der Waals surface area contributed by atoms with Crippen LogP contribution in [0.1, 0.15) is 86.9 Å². The van der Waals surface area contributed by atoms with Gasteiger partial charge in [0.2, 0.25) is 5.91 Å². The molecule has 2 aliphatic carbocycles. The Morgan fingerprint density at radius 3 is 2.16 bits per heavy atom. The lowest BCUT2D eigenvalue weighted by atomic mass is 9.93. The molecular weight excluding hydrogens is 1010 g/mol. The summed E-state index contributed by atoms with van der Waals surface area (Å²) in [5, 5.41) is 19.0. The molecule has 376 valence electrons. The first-order chi connectivity index (χ1) is 32.6. The molecule has 7 rings (SSSR count). The number of halogens is 11. The maximum atomic E-state index is 15.1. The van der Waals surface area contributed by atoms with Gasteiger partial charge in [0.1, 0.15) is 52.5 Å². The number of amides is 2. The molecule has 70 heavy (non-hydrogen) atoms. The van der Waals surface area contributed by atoms with Gasteiger partial charge >= 0.3 is 18.3 Å². The Bertz CT molecular complexity index is 2960. The number of carbonyl (C=O) groups excluding carboxylic acids is 2. The number of carboxylic acid groups (broad SMARTS) is 1. The number of benzene rings is 2. The number of nitrogens with one attached hydrogen (secondary N) is 1. The number of aromatic nitrogens is 5. The Balaban J connectivity index is 0.00000397. The average Bonchev–Trinajstić information content (AvgIpc) is 3.76. The summed E-state index contributed by atoms with van der Waals surface area (Å²) in [6, 6.07) is 5.62. The van der Waals surface area contributed by atoms with E-state index in [9.17, 15) is 58.8 Å². The third kappa shape index (κ3) is 11.1. The van der Waals surface area contributed by atoms with E-state index < -0.39 is 141 Å². The zero-order valence-corrected chi connectivity index (χ0v) is 40.2. The van der Waals surface area contributed by atoms with E-state index in [0.29, 0.717) is 15.1 Å². The summed E-state index contributed by atoms with van der Waals surface area (Å²) in [4.78, 5) is 44.8. The van der Waals surface area contributed by atoms with Gasteiger partial charge in [-0.1, -0.05) is 37.4 Å². The number of hydrogen-bond donors (Lipinski definition) is 2. The fourth-order valence-electron chi connectivity index (χ4n) is 7.83. The molecular formula is C45H42ClF10N7O5S2. The molecule has 2 N–H and O–H groups in total. The van der Waals surface area contributed by atoms with Crippen LogP contribution in [0.3, 0.4) is 0 Å². The summed E-state index contributed by atoms with van der Waals surface area (Å²) in [6.07, 6.45) is -10.2. The van der Waals surface area contributed by atoms with Crippen molar-refractivity contribution in [3.8, 4) is 23.0 Å². The maximum Gasteiger partial charge on any atom is 0.435 e. The molecule has 2 amide bonds. The van der Waals surface area contributed by atoms with Crippen LogP contribution in [0.4, 0.5) is 49.7 Å². The molecule has 2 unspecified atom stereocenters. The number of thioether (sulfide) groups is 1. The van der Waals surface area contributed by atoms with Crippen molar-refractivity contribution in [2.75, 3.05) is 16.8 Å². The van der Waals surface area contributed by atoms with Crippen LogP contribution in [0, 0.1) is 28.9 Å². The van der Waals surface area contributed by atoms with Crippen molar-refractivity contribution < 1.29 is 67.6 Å². The fourth-order valence-corrected chi connectivity index (χ4v) is 9.00. The van der Waals surface area contributed by atoms with Crippen LogP contribution in [-0.4, -0.2) is 75.1 Å². The van der Waals surface area contributed by atoms with E-state index in [4.69, 9.17) is 11.6 Å². The molecule has 2 aliphatic rings. The van der Waals surface area contributed by atoms with Crippen molar-refractivity contribution >= 4 is 68.9 Å². The first-order valence-electron chi connectivity index (χ1n) is 21.1. The fraction of sp³-hybridized carbons (Fsp3) is 0.422. The SMILES string of the molecule is CC.CSC(C)(C)C#Cc1ccc(-c2ccc(Cl)c3c(N(C(=O)C4(C(=O)O)CC4)S(C)=O)nn(CC(F)(F)F)c23)c(C(Cc2cc(F)cc(F)c2)NC(=O)Cn2nc(C(F)(F)F)c3c2C(F)(F)CC3)n1. The van der Waals surface area contributed by atoms with Gasteiger partial charge in [0.05, 0.1) is 32.4 Å². The van der Waals surface area contributed by atoms with Crippen LogP contribution in [0.15, 0.2) is 42.5 Å². The molecule has 25 heteroatoms. The Morgan fingerprint density at radius 2 is 1.60 bits per heavy atom. The number of carbonyl (C=O) groups is 3. The molecule has 3 heterocycles. The second-order valence-corrected chi connectivity index (χ2v) is 19.6. The summed E-state index contributed by atoms with van der Waals surface area (Å²) in [5.41, 5.74) is -7.04. The molecule has 0 aliphatic heterocycles. The smallest absolute Gasteiger partial charge is 0.435 e. The Morgan fingerprint density at radius 1 is 0.971 bits per heavy atom. The second-order valence-electron chi connectivity index (χ2n) is 16.6. The van der Waals surface area contributed by atoms with Gasteiger partial charge in [0.25, 0.3) is 11.8 Å². The van der Waals surface area contributed by atoms with Gasteiger partial charge in [0, 0.05) is 35.4 Å². The number of rotatable bonds is 13. The number of hydrogen-bond acceptors (Lipinski definition) is 8. The van der Waals surface area contributed by atoms with Crippen molar-refractivity contribution in [1.29, 1.82) is 0 Å².